The van der Waals surface area contributed by atoms with Gasteiger partial charge in [0.1, 0.15) is 12.4 Å². The molecule has 0 saturated carbocycles. The third kappa shape index (κ3) is 4.56. The minimum absolute atomic E-state index is 0.0308. The number of benzene rings is 2. The van der Waals surface area contributed by atoms with Crippen LogP contribution in [0.4, 0.5) is 8.78 Å². The van der Waals surface area contributed by atoms with Crippen LogP contribution in [-0.4, -0.2) is 12.8 Å². The number of oxime groups is 1. The summed E-state index contributed by atoms with van der Waals surface area (Å²) in [6.45, 7) is -2.69. The van der Waals surface area contributed by atoms with E-state index in [4.69, 9.17) is 10.1 Å². The van der Waals surface area contributed by atoms with E-state index in [0.29, 0.717) is 11.1 Å². The van der Waals surface area contributed by atoms with Crippen molar-refractivity contribution in [2.24, 2.45) is 5.16 Å². The van der Waals surface area contributed by atoms with E-state index < -0.39 is 6.61 Å². The number of hydrogen-bond acceptors (Lipinski definition) is 4. The summed E-state index contributed by atoms with van der Waals surface area (Å²) in [5.41, 5.74) is 1.79. The molecule has 0 aliphatic rings. The van der Waals surface area contributed by atoms with Crippen molar-refractivity contribution >= 4 is 6.21 Å². The molecule has 6 heteroatoms. The molecule has 0 N–H and O–H groups in total. The number of hydrogen-bond donors (Lipinski definition) is 0. The first-order chi connectivity index (χ1) is 10.7. The van der Waals surface area contributed by atoms with Crippen molar-refractivity contribution in [3.8, 4) is 11.8 Å². The Morgan fingerprint density at radius 2 is 1.86 bits per heavy atom. The van der Waals surface area contributed by atoms with Crippen LogP contribution >= 0.6 is 0 Å². The van der Waals surface area contributed by atoms with Gasteiger partial charge in [-0.1, -0.05) is 29.4 Å². The van der Waals surface area contributed by atoms with Crippen molar-refractivity contribution in [1.29, 1.82) is 5.26 Å². The monoisotopic (exact) mass is 302 g/mol. The molecule has 112 valence electrons. The van der Waals surface area contributed by atoms with E-state index in [9.17, 15) is 8.78 Å². The highest BCUT2D eigenvalue weighted by Crippen LogP contribution is 2.18. The smallest absolute Gasteiger partial charge is 0.387 e. The second-order valence-electron chi connectivity index (χ2n) is 4.23. The zero-order chi connectivity index (χ0) is 15.8. The van der Waals surface area contributed by atoms with Crippen LogP contribution in [0.25, 0.3) is 0 Å². The summed E-state index contributed by atoms with van der Waals surface area (Å²) < 4.78 is 28.9. The lowest BCUT2D eigenvalue weighted by atomic mass is 10.2. The fraction of sp³-hybridized carbons (Fsp3) is 0.125. The number of ether oxygens (including phenoxy) is 1. The molecule has 22 heavy (non-hydrogen) atoms. The number of nitriles is 1. The third-order valence-corrected chi connectivity index (χ3v) is 2.72. The molecule has 0 bridgehead atoms. The molecule has 0 aromatic heterocycles. The van der Waals surface area contributed by atoms with E-state index in [1.54, 1.807) is 42.5 Å². The summed E-state index contributed by atoms with van der Waals surface area (Å²) in [4.78, 5) is 5.10. The summed E-state index contributed by atoms with van der Waals surface area (Å²) in [7, 11) is 0. The number of rotatable bonds is 6. The van der Waals surface area contributed by atoms with Crippen molar-refractivity contribution in [3.63, 3.8) is 0 Å². The van der Waals surface area contributed by atoms with Gasteiger partial charge in [-0.25, -0.2) is 0 Å². The first-order valence-corrected chi connectivity index (χ1v) is 6.37. The van der Waals surface area contributed by atoms with Crippen molar-refractivity contribution in [2.45, 2.75) is 13.2 Å². The first kappa shape index (κ1) is 15.4. The van der Waals surface area contributed by atoms with Gasteiger partial charge in [-0.15, -0.1) is 0 Å². The second kappa shape index (κ2) is 7.74. The van der Waals surface area contributed by atoms with Crippen LogP contribution < -0.4 is 4.74 Å². The van der Waals surface area contributed by atoms with Crippen LogP contribution in [0, 0.1) is 11.3 Å². The van der Waals surface area contributed by atoms with Crippen molar-refractivity contribution < 1.29 is 18.4 Å². The fourth-order valence-electron chi connectivity index (χ4n) is 1.67. The summed E-state index contributed by atoms with van der Waals surface area (Å²) in [5.74, 6) is 0.0308. The van der Waals surface area contributed by atoms with E-state index in [1.807, 2.05) is 6.07 Å². The molecule has 0 aliphatic carbocycles. The van der Waals surface area contributed by atoms with Crippen molar-refractivity contribution in [3.05, 3.63) is 65.2 Å². The van der Waals surface area contributed by atoms with E-state index in [2.05, 4.69) is 9.89 Å². The first-order valence-electron chi connectivity index (χ1n) is 6.37. The van der Waals surface area contributed by atoms with Gasteiger partial charge in [0, 0.05) is 5.56 Å². The molecule has 0 atom stereocenters. The van der Waals surface area contributed by atoms with Crippen LogP contribution in [0.3, 0.4) is 0 Å². The zero-order valence-corrected chi connectivity index (χ0v) is 11.4. The van der Waals surface area contributed by atoms with Gasteiger partial charge in [0.2, 0.25) is 0 Å². The Labute approximate surface area is 126 Å². The Kier molecular flexibility index (Phi) is 5.44. The Bertz CT molecular complexity index is 679. The number of halogens is 2. The molecule has 2 aromatic rings. The van der Waals surface area contributed by atoms with Gasteiger partial charge < -0.3 is 9.57 Å². The second-order valence-corrected chi connectivity index (χ2v) is 4.23. The summed E-state index contributed by atoms with van der Waals surface area (Å²) >= 11 is 0. The van der Waals surface area contributed by atoms with Gasteiger partial charge in [0.05, 0.1) is 17.8 Å². The summed E-state index contributed by atoms with van der Waals surface area (Å²) in [6.07, 6.45) is 1.31. The molecule has 0 radical (unpaired) electrons. The molecule has 2 aromatic carbocycles. The molecule has 0 spiro atoms. The van der Waals surface area contributed by atoms with E-state index in [-0.39, 0.29) is 12.4 Å². The molecular weight excluding hydrogens is 290 g/mol. The summed E-state index contributed by atoms with van der Waals surface area (Å²) in [6, 6.07) is 15.2. The Morgan fingerprint density at radius 3 is 2.55 bits per heavy atom. The van der Waals surface area contributed by atoms with Gasteiger partial charge in [0.15, 0.2) is 0 Å². The molecule has 0 heterocycles. The normalized spacial score (nSPS) is 10.6. The van der Waals surface area contributed by atoms with Gasteiger partial charge in [0.25, 0.3) is 0 Å². The quantitative estimate of drug-likeness (QED) is 0.604. The van der Waals surface area contributed by atoms with Crippen LogP contribution in [0.1, 0.15) is 16.7 Å². The third-order valence-electron chi connectivity index (χ3n) is 2.72. The molecule has 4 nitrogen and oxygen atoms in total. The average molecular weight is 302 g/mol. The number of para-hydroxylation sites is 1. The van der Waals surface area contributed by atoms with Crippen LogP contribution in [0.5, 0.6) is 5.75 Å². The van der Waals surface area contributed by atoms with Crippen LogP contribution in [0.15, 0.2) is 53.7 Å². The van der Waals surface area contributed by atoms with Gasteiger partial charge in [-0.2, -0.15) is 14.0 Å². The SMILES string of the molecule is N#Cc1ccc(CO/N=C/c2ccccc2OC(F)F)cc1. The lowest BCUT2D eigenvalue weighted by Gasteiger charge is -2.06. The molecule has 2 rings (SSSR count). The molecule has 0 fully saturated rings. The lowest BCUT2D eigenvalue weighted by Crippen LogP contribution is -2.04. The maximum atomic E-state index is 12.3. The predicted molar refractivity (Wildman–Crippen MR) is 76.6 cm³/mol. The van der Waals surface area contributed by atoms with E-state index >= 15 is 0 Å². The largest absolute Gasteiger partial charge is 0.434 e. The topological polar surface area (TPSA) is 54.6 Å². The zero-order valence-electron chi connectivity index (χ0n) is 11.4. The molecular formula is C16H12F2N2O2. The van der Waals surface area contributed by atoms with Crippen LogP contribution in [0.2, 0.25) is 0 Å². The number of nitrogens with zero attached hydrogens (tertiary/aromatic N) is 2. The van der Waals surface area contributed by atoms with Gasteiger partial charge >= 0.3 is 6.61 Å². The average Bonchev–Trinajstić information content (AvgIpc) is 2.53. The molecule has 0 amide bonds. The lowest BCUT2D eigenvalue weighted by molar-refractivity contribution is -0.0499. The van der Waals surface area contributed by atoms with Gasteiger partial charge in [-0.05, 0) is 29.8 Å². The minimum atomic E-state index is -2.89. The Hall–Kier alpha value is -2.94. The van der Waals surface area contributed by atoms with Crippen molar-refractivity contribution in [1.82, 2.24) is 0 Å². The Balaban J connectivity index is 1.93. The standard InChI is InChI=1S/C16H12F2N2O2/c17-16(18)22-15-4-2-1-3-14(15)10-20-21-11-13-7-5-12(9-19)6-8-13/h1-8,10,16H,11H2/b20-10+. The molecule has 0 aliphatic heterocycles. The van der Waals surface area contributed by atoms with Crippen LogP contribution in [-0.2, 0) is 11.4 Å². The molecule has 0 unspecified atom stereocenters. The highest BCUT2D eigenvalue weighted by Gasteiger charge is 2.07. The van der Waals surface area contributed by atoms with E-state index in [0.717, 1.165) is 5.56 Å². The minimum Gasteiger partial charge on any atom is -0.434 e. The predicted octanol–water partition coefficient (Wildman–Crippen LogP) is 3.71. The number of alkyl halides is 2. The maximum Gasteiger partial charge on any atom is 0.387 e. The maximum absolute atomic E-state index is 12.3. The van der Waals surface area contributed by atoms with Gasteiger partial charge in [-0.3, -0.25) is 0 Å². The summed E-state index contributed by atoms with van der Waals surface area (Å²) in [5, 5.41) is 12.4. The highest BCUT2D eigenvalue weighted by atomic mass is 19.3. The fourth-order valence-corrected chi connectivity index (χ4v) is 1.67. The molecule has 0 saturated heterocycles. The Morgan fingerprint density at radius 1 is 1.14 bits per heavy atom. The van der Waals surface area contributed by atoms with Crippen molar-refractivity contribution in [2.75, 3.05) is 0 Å². The highest BCUT2D eigenvalue weighted by molar-refractivity contribution is 5.83. The van der Waals surface area contributed by atoms with E-state index in [1.165, 1.54) is 12.3 Å².